The maximum Gasteiger partial charge on any atom is 0.149 e. The van der Waals surface area contributed by atoms with Gasteiger partial charge in [-0.15, -0.1) is 0 Å². The van der Waals surface area contributed by atoms with E-state index in [-0.39, 0.29) is 5.41 Å². The first-order valence-corrected chi connectivity index (χ1v) is 12.1. The monoisotopic (exact) mass is 456 g/mol. The topological polar surface area (TPSA) is 31.0 Å². The van der Waals surface area contributed by atoms with E-state index in [0.29, 0.717) is 0 Å². The van der Waals surface area contributed by atoms with Crippen molar-refractivity contribution >= 4 is 22.0 Å². The second-order valence-electron chi connectivity index (χ2n) is 10.4. The number of benzene rings is 4. The van der Waals surface area contributed by atoms with Crippen molar-refractivity contribution in [1.29, 1.82) is 0 Å². The predicted octanol–water partition coefficient (Wildman–Crippen LogP) is 8.69. The summed E-state index contributed by atoms with van der Waals surface area (Å²) in [4.78, 5) is 5.07. The molecule has 0 fully saturated rings. The summed E-state index contributed by atoms with van der Waals surface area (Å²) in [5.41, 5.74) is 8.95. The van der Waals surface area contributed by atoms with Crippen molar-refractivity contribution in [3.05, 3.63) is 109 Å². The van der Waals surface area contributed by atoms with Crippen LogP contribution in [0.4, 0.5) is 0 Å². The predicted molar refractivity (Wildman–Crippen MR) is 145 cm³/mol. The van der Waals surface area contributed by atoms with Gasteiger partial charge in [0.15, 0.2) is 0 Å². The van der Waals surface area contributed by atoms with E-state index < -0.39 is 0 Å². The molecule has 0 aliphatic heterocycles. The van der Waals surface area contributed by atoms with Gasteiger partial charge in [0.05, 0.1) is 16.6 Å². The number of para-hydroxylation sites is 2. The number of imidazole rings is 1. The molecule has 0 aliphatic carbocycles. The first kappa shape index (κ1) is 21.4. The zero-order valence-electron chi connectivity index (χ0n) is 20.3. The molecule has 6 aromatic rings. The Morgan fingerprint density at radius 1 is 0.771 bits per heavy atom. The highest BCUT2D eigenvalue weighted by Gasteiger charge is 2.20. The molecule has 0 atom stereocenters. The number of rotatable bonds is 4. The Labute approximate surface area is 205 Å². The summed E-state index contributed by atoms with van der Waals surface area (Å²) in [6, 6.07) is 34.0. The second kappa shape index (κ2) is 8.28. The fraction of sp³-hybridized carbons (Fsp3) is 0.156. The van der Waals surface area contributed by atoms with Crippen molar-refractivity contribution in [3.63, 3.8) is 0 Å². The number of aromatic nitrogens is 2. The van der Waals surface area contributed by atoms with Crippen molar-refractivity contribution in [1.82, 2.24) is 9.55 Å². The Hall–Kier alpha value is -4.11. The normalized spacial score (nSPS) is 12.0. The molecule has 2 aromatic heterocycles. The summed E-state index contributed by atoms with van der Waals surface area (Å²) in [5.74, 6) is 0.894. The summed E-state index contributed by atoms with van der Waals surface area (Å²) in [6.45, 7) is 6.81. The number of furan rings is 1. The third kappa shape index (κ3) is 4.04. The molecule has 3 nitrogen and oxygen atoms in total. The fourth-order valence-corrected chi connectivity index (χ4v) is 4.87. The van der Waals surface area contributed by atoms with Crippen LogP contribution in [0.25, 0.3) is 50.2 Å². The third-order valence-electron chi connectivity index (χ3n) is 6.41. The molecule has 0 aliphatic rings. The van der Waals surface area contributed by atoms with E-state index >= 15 is 0 Å². The van der Waals surface area contributed by atoms with Crippen LogP contribution in [0.2, 0.25) is 0 Å². The van der Waals surface area contributed by atoms with Crippen molar-refractivity contribution in [2.75, 3.05) is 0 Å². The van der Waals surface area contributed by atoms with Crippen LogP contribution in [-0.2, 0) is 6.42 Å². The first-order chi connectivity index (χ1) is 17.0. The van der Waals surface area contributed by atoms with Crippen LogP contribution < -0.4 is 0 Å². The van der Waals surface area contributed by atoms with Crippen LogP contribution in [0.3, 0.4) is 0 Å². The molecule has 0 saturated carbocycles. The van der Waals surface area contributed by atoms with Crippen LogP contribution in [0.15, 0.2) is 108 Å². The van der Waals surface area contributed by atoms with E-state index in [0.717, 1.165) is 45.5 Å². The Morgan fingerprint density at radius 2 is 1.49 bits per heavy atom. The molecule has 35 heavy (non-hydrogen) atoms. The first-order valence-electron chi connectivity index (χ1n) is 12.1. The molecule has 0 bridgehead atoms. The summed E-state index contributed by atoms with van der Waals surface area (Å²) in [5, 5.41) is 1.10. The summed E-state index contributed by atoms with van der Waals surface area (Å²) < 4.78 is 8.24. The average molecular weight is 457 g/mol. The van der Waals surface area contributed by atoms with Gasteiger partial charge in [-0.1, -0.05) is 81.4 Å². The highest BCUT2D eigenvalue weighted by molar-refractivity contribution is 5.95. The summed E-state index contributed by atoms with van der Waals surface area (Å²) in [6.07, 6.45) is 2.85. The lowest BCUT2D eigenvalue weighted by Gasteiger charge is -2.18. The molecule has 3 heteroatoms. The van der Waals surface area contributed by atoms with Gasteiger partial charge in [-0.3, -0.25) is 4.57 Å². The highest BCUT2D eigenvalue weighted by atomic mass is 16.3. The standard InChI is InChI=1S/C32H28N2O/c1-32(2,3)20-22-13-18-30-26(19-22)27(21-35-30)31-33-28-11-7-8-12-29(28)34(31)25-16-14-24(15-17-25)23-9-5-4-6-10-23/h4-19,21H,20H2,1-3H3. The summed E-state index contributed by atoms with van der Waals surface area (Å²) >= 11 is 0. The minimum Gasteiger partial charge on any atom is -0.464 e. The number of nitrogens with zero attached hydrogens (tertiary/aromatic N) is 2. The zero-order valence-corrected chi connectivity index (χ0v) is 20.3. The molecule has 0 unspecified atom stereocenters. The lowest BCUT2D eigenvalue weighted by Crippen LogP contribution is -2.08. The lowest BCUT2D eigenvalue weighted by molar-refractivity contribution is 0.411. The van der Waals surface area contributed by atoms with Gasteiger partial charge in [0.2, 0.25) is 0 Å². The number of fused-ring (bicyclic) bond motifs is 2. The average Bonchev–Trinajstić information content (AvgIpc) is 3.44. The van der Waals surface area contributed by atoms with Gasteiger partial charge >= 0.3 is 0 Å². The Bertz CT molecular complexity index is 1630. The van der Waals surface area contributed by atoms with Gasteiger partial charge in [-0.05, 0) is 64.9 Å². The van der Waals surface area contributed by atoms with Crippen molar-refractivity contribution in [2.45, 2.75) is 27.2 Å². The largest absolute Gasteiger partial charge is 0.464 e. The lowest BCUT2D eigenvalue weighted by atomic mass is 9.88. The SMILES string of the molecule is CC(C)(C)Cc1ccc2occ(-c3nc4ccccc4n3-c3ccc(-c4ccccc4)cc3)c2c1. The van der Waals surface area contributed by atoms with Crippen molar-refractivity contribution < 1.29 is 4.42 Å². The van der Waals surface area contributed by atoms with E-state index in [2.05, 4.69) is 110 Å². The van der Waals surface area contributed by atoms with E-state index in [1.165, 1.54) is 16.7 Å². The molecule has 2 heterocycles. The molecule has 4 aromatic carbocycles. The van der Waals surface area contributed by atoms with E-state index in [9.17, 15) is 0 Å². The molecule has 0 amide bonds. The minimum atomic E-state index is 0.214. The van der Waals surface area contributed by atoms with Crippen molar-refractivity contribution in [3.8, 4) is 28.2 Å². The van der Waals surface area contributed by atoms with E-state index in [1.807, 2.05) is 18.4 Å². The zero-order chi connectivity index (χ0) is 24.0. The third-order valence-corrected chi connectivity index (χ3v) is 6.41. The second-order valence-corrected chi connectivity index (χ2v) is 10.4. The van der Waals surface area contributed by atoms with Gasteiger partial charge in [0.1, 0.15) is 17.7 Å². The molecule has 0 radical (unpaired) electrons. The van der Waals surface area contributed by atoms with E-state index in [4.69, 9.17) is 9.40 Å². The van der Waals surface area contributed by atoms with Gasteiger partial charge in [-0.25, -0.2) is 4.98 Å². The molecule has 0 N–H and O–H groups in total. The number of hydrogen-bond donors (Lipinski definition) is 0. The maximum absolute atomic E-state index is 6.00. The molecule has 0 spiro atoms. The number of hydrogen-bond acceptors (Lipinski definition) is 2. The minimum absolute atomic E-state index is 0.214. The molecular formula is C32H28N2O. The Balaban J connectivity index is 1.52. The maximum atomic E-state index is 6.00. The molecule has 6 rings (SSSR count). The van der Waals surface area contributed by atoms with Gasteiger partial charge < -0.3 is 4.42 Å². The highest BCUT2D eigenvalue weighted by Crippen LogP contribution is 2.36. The van der Waals surface area contributed by atoms with Crippen LogP contribution in [0.1, 0.15) is 26.3 Å². The fourth-order valence-electron chi connectivity index (χ4n) is 4.87. The van der Waals surface area contributed by atoms with Gasteiger partial charge in [0.25, 0.3) is 0 Å². The Kier molecular flexibility index (Phi) is 5.07. The van der Waals surface area contributed by atoms with Gasteiger partial charge in [0, 0.05) is 11.1 Å². The summed E-state index contributed by atoms with van der Waals surface area (Å²) in [7, 11) is 0. The van der Waals surface area contributed by atoms with Crippen molar-refractivity contribution in [2.24, 2.45) is 5.41 Å². The van der Waals surface area contributed by atoms with Gasteiger partial charge in [-0.2, -0.15) is 0 Å². The van der Waals surface area contributed by atoms with E-state index in [1.54, 1.807) is 0 Å². The van der Waals surface area contributed by atoms with Crippen LogP contribution >= 0.6 is 0 Å². The Morgan fingerprint density at radius 3 is 2.26 bits per heavy atom. The molecule has 0 saturated heterocycles. The quantitative estimate of drug-likeness (QED) is 0.266. The van der Waals surface area contributed by atoms with Crippen LogP contribution in [0.5, 0.6) is 0 Å². The van der Waals surface area contributed by atoms with Crippen LogP contribution in [-0.4, -0.2) is 9.55 Å². The smallest absolute Gasteiger partial charge is 0.149 e. The molecular weight excluding hydrogens is 428 g/mol. The molecule has 172 valence electrons. The van der Waals surface area contributed by atoms with Crippen LogP contribution in [0, 0.1) is 5.41 Å².